The van der Waals surface area contributed by atoms with Gasteiger partial charge in [-0.25, -0.2) is 0 Å². The predicted octanol–water partition coefficient (Wildman–Crippen LogP) is 3.89. The third-order valence-corrected chi connectivity index (χ3v) is 7.51. The Bertz CT molecular complexity index is 1060. The molecule has 3 aliphatic heterocycles. The maximum absolute atomic E-state index is 13.4. The summed E-state index contributed by atoms with van der Waals surface area (Å²) in [6, 6.07) is 17.2. The molecule has 7 heteroatoms. The van der Waals surface area contributed by atoms with Crippen LogP contribution in [0.25, 0.3) is 0 Å². The number of ether oxygens (including phenoxy) is 2. The van der Waals surface area contributed by atoms with Crippen molar-refractivity contribution in [3.63, 3.8) is 0 Å². The van der Waals surface area contributed by atoms with Gasteiger partial charge in [0, 0.05) is 23.2 Å². The Hall–Kier alpha value is -2.90. The van der Waals surface area contributed by atoms with Crippen LogP contribution in [0, 0.1) is 5.92 Å². The number of rotatable bonds is 5. The third kappa shape index (κ3) is 4.30. The maximum atomic E-state index is 13.4. The highest BCUT2D eigenvalue weighted by Crippen LogP contribution is 2.52. The number of carbonyl (C=O) groups is 2. The van der Waals surface area contributed by atoms with Crippen LogP contribution in [0.4, 0.5) is 5.69 Å². The van der Waals surface area contributed by atoms with Crippen molar-refractivity contribution in [1.29, 1.82) is 0 Å². The lowest BCUT2D eigenvalue weighted by Crippen LogP contribution is -2.60. The van der Waals surface area contributed by atoms with E-state index in [9.17, 15) is 14.7 Å². The first-order chi connectivity index (χ1) is 16.3. The highest BCUT2D eigenvalue weighted by atomic mass is 16.5. The molecule has 7 nitrogen and oxygen atoms in total. The average molecular weight is 465 g/mol. The number of aliphatic carboxylic acids is 1. The van der Waals surface area contributed by atoms with Gasteiger partial charge in [0.25, 0.3) is 0 Å². The summed E-state index contributed by atoms with van der Waals surface area (Å²) >= 11 is 0. The van der Waals surface area contributed by atoms with Crippen LogP contribution < -0.4 is 9.64 Å². The first-order valence-corrected chi connectivity index (χ1v) is 12.1. The molecule has 5 rings (SSSR count). The molecule has 2 fully saturated rings. The van der Waals surface area contributed by atoms with E-state index in [0.717, 1.165) is 37.1 Å². The van der Waals surface area contributed by atoms with E-state index in [1.165, 1.54) is 4.90 Å². The molecule has 0 radical (unpaired) electrons. The molecule has 0 aromatic heterocycles. The summed E-state index contributed by atoms with van der Waals surface area (Å²) in [5.41, 5.74) is 1.31. The standard InChI is InChI=1S/C27H32N2O5/c1-27(2)20-15-21-23(33-26(20)19-11-6-7-12-22(19)34-27)13-8-14-28(21)16-24(30)29(17-25(31)32)18-9-4-3-5-10-18/h3-7,9-12,20-21,23,26H,8,13-17H2,1-2H3,(H,31,32)/t20-,21-,23-,26+/m0/s1. The normalized spacial score (nSPS) is 27.5. The lowest BCUT2D eigenvalue weighted by molar-refractivity contribution is -0.189. The van der Waals surface area contributed by atoms with E-state index in [2.05, 4.69) is 24.8 Å². The molecule has 34 heavy (non-hydrogen) atoms. The van der Waals surface area contributed by atoms with Gasteiger partial charge in [-0.05, 0) is 57.9 Å². The van der Waals surface area contributed by atoms with E-state index in [-0.39, 0.29) is 43.2 Å². The fourth-order valence-electron chi connectivity index (χ4n) is 5.84. The van der Waals surface area contributed by atoms with Crippen molar-refractivity contribution in [3.05, 3.63) is 60.2 Å². The number of piperidine rings is 1. The van der Waals surface area contributed by atoms with Gasteiger partial charge < -0.3 is 19.5 Å². The Morgan fingerprint density at radius 2 is 1.85 bits per heavy atom. The molecule has 0 saturated carbocycles. The van der Waals surface area contributed by atoms with Crippen molar-refractivity contribution >= 4 is 17.6 Å². The molecule has 1 N–H and O–H groups in total. The Morgan fingerprint density at radius 1 is 1.12 bits per heavy atom. The molecular weight excluding hydrogens is 432 g/mol. The largest absolute Gasteiger partial charge is 0.487 e. The summed E-state index contributed by atoms with van der Waals surface area (Å²) in [7, 11) is 0. The minimum absolute atomic E-state index is 0.0234. The number of amides is 1. The van der Waals surface area contributed by atoms with Crippen molar-refractivity contribution in [2.75, 3.05) is 24.5 Å². The Kier molecular flexibility index (Phi) is 6.08. The van der Waals surface area contributed by atoms with E-state index >= 15 is 0 Å². The summed E-state index contributed by atoms with van der Waals surface area (Å²) in [4.78, 5) is 28.4. The first kappa shape index (κ1) is 22.9. The summed E-state index contributed by atoms with van der Waals surface area (Å²) in [5.74, 6) is -0.191. The second kappa shape index (κ2) is 9.04. The molecule has 3 heterocycles. The van der Waals surface area contributed by atoms with Crippen molar-refractivity contribution in [2.24, 2.45) is 5.92 Å². The molecular formula is C27H32N2O5. The zero-order valence-electron chi connectivity index (χ0n) is 19.7. The number of carboxylic acids is 1. The average Bonchev–Trinajstić information content (AvgIpc) is 2.82. The van der Waals surface area contributed by atoms with Gasteiger partial charge in [0.2, 0.25) is 5.91 Å². The second-order valence-corrected chi connectivity index (χ2v) is 10.1. The van der Waals surface area contributed by atoms with Gasteiger partial charge in [0.1, 0.15) is 17.9 Å². The van der Waals surface area contributed by atoms with Gasteiger partial charge in [0.15, 0.2) is 0 Å². The number of benzene rings is 2. The first-order valence-electron chi connectivity index (χ1n) is 12.1. The summed E-state index contributed by atoms with van der Waals surface area (Å²) in [6.07, 6.45) is 2.78. The van der Waals surface area contributed by atoms with Gasteiger partial charge in [-0.15, -0.1) is 0 Å². The zero-order chi connectivity index (χ0) is 23.9. The molecule has 3 aliphatic rings. The van der Waals surface area contributed by atoms with Gasteiger partial charge >= 0.3 is 5.97 Å². The summed E-state index contributed by atoms with van der Waals surface area (Å²) < 4.78 is 13.1. The highest BCUT2D eigenvalue weighted by molar-refractivity contribution is 5.98. The minimum atomic E-state index is -1.03. The number of anilines is 1. The van der Waals surface area contributed by atoms with Crippen LogP contribution in [-0.2, 0) is 14.3 Å². The van der Waals surface area contributed by atoms with E-state index < -0.39 is 11.6 Å². The molecule has 0 spiro atoms. The molecule has 0 unspecified atom stereocenters. The number of para-hydroxylation sites is 2. The summed E-state index contributed by atoms with van der Waals surface area (Å²) in [5, 5.41) is 9.41. The van der Waals surface area contributed by atoms with Crippen molar-refractivity contribution in [3.8, 4) is 5.75 Å². The number of fused-ring (bicyclic) bond motifs is 4. The smallest absolute Gasteiger partial charge is 0.323 e. The Morgan fingerprint density at radius 3 is 2.62 bits per heavy atom. The van der Waals surface area contributed by atoms with Crippen LogP contribution in [0.3, 0.4) is 0 Å². The third-order valence-electron chi connectivity index (χ3n) is 7.51. The van der Waals surface area contributed by atoms with E-state index in [4.69, 9.17) is 9.47 Å². The van der Waals surface area contributed by atoms with Crippen LogP contribution in [0.15, 0.2) is 54.6 Å². The van der Waals surface area contributed by atoms with Crippen LogP contribution in [0.1, 0.15) is 44.8 Å². The van der Waals surface area contributed by atoms with Gasteiger partial charge in [0.05, 0.1) is 18.8 Å². The Balaban J connectivity index is 1.37. The van der Waals surface area contributed by atoms with Gasteiger partial charge in [-0.2, -0.15) is 0 Å². The second-order valence-electron chi connectivity index (χ2n) is 10.1. The number of hydrogen-bond donors (Lipinski definition) is 1. The molecule has 2 aromatic rings. The Labute approximate surface area is 200 Å². The molecule has 2 aromatic carbocycles. The lowest BCUT2D eigenvalue weighted by atomic mass is 9.72. The number of carbonyl (C=O) groups excluding carboxylic acids is 1. The molecule has 2 saturated heterocycles. The van der Waals surface area contributed by atoms with Crippen molar-refractivity contribution < 1.29 is 24.2 Å². The number of nitrogens with zero attached hydrogens (tertiary/aromatic N) is 2. The topological polar surface area (TPSA) is 79.3 Å². The van der Waals surface area contributed by atoms with Crippen molar-refractivity contribution in [1.82, 2.24) is 4.90 Å². The van der Waals surface area contributed by atoms with Crippen molar-refractivity contribution in [2.45, 2.75) is 57.0 Å². The number of likely N-dealkylation sites (tertiary alicyclic amines) is 1. The van der Waals surface area contributed by atoms with E-state index in [1.54, 1.807) is 12.1 Å². The molecule has 4 atom stereocenters. The fourth-order valence-corrected chi connectivity index (χ4v) is 5.84. The predicted molar refractivity (Wildman–Crippen MR) is 128 cm³/mol. The highest BCUT2D eigenvalue weighted by Gasteiger charge is 2.52. The number of hydrogen-bond acceptors (Lipinski definition) is 5. The zero-order valence-corrected chi connectivity index (χ0v) is 19.7. The molecule has 1 amide bonds. The van der Waals surface area contributed by atoms with Crippen LogP contribution in [-0.4, -0.2) is 59.3 Å². The van der Waals surface area contributed by atoms with Gasteiger partial charge in [-0.1, -0.05) is 36.4 Å². The molecule has 0 aliphatic carbocycles. The molecule has 180 valence electrons. The molecule has 0 bridgehead atoms. The minimum Gasteiger partial charge on any atom is -0.487 e. The lowest BCUT2D eigenvalue weighted by Gasteiger charge is -2.54. The monoisotopic (exact) mass is 464 g/mol. The van der Waals surface area contributed by atoms with Crippen LogP contribution >= 0.6 is 0 Å². The quantitative estimate of drug-likeness (QED) is 0.723. The SMILES string of the molecule is CC1(C)Oc2ccccc2[C@H]2O[C@H]3CCCN(CC(=O)N(CC(=O)O)c4ccccc4)[C@H]3C[C@@H]21. The van der Waals surface area contributed by atoms with E-state index in [1.807, 2.05) is 36.4 Å². The van der Waals surface area contributed by atoms with Crippen LogP contribution in [0.2, 0.25) is 0 Å². The van der Waals surface area contributed by atoms with E-state index in [0.29, 0.717) is 5.69 Å². The number of carboxylic acid groups (broad SMARTS) is 1. The van der Waals surface area contributed by atoms with Gasteiger partial charge in [-0.3, -0.25) is 14.5 Å². The summed E-state index contributed by atoms with van der Waals surface area (Å²) in [6.45, 7) is 4.84. The fraction of sp³-hybridized carbons (Fsp3) is 0.481. The van der Waals surface area contributed by atoms with Crippen LogP contribution in [0.5, 0.6) is 5.75 Å². The maximum Gasteiger partial charge on any atom is 0.323 e.